The van der Waals surface area contributed by atoms with Gasteiger partial charge in [-0.25, -0.2) is 8.42 Å². The van der Waals surface area contributed by atoms with E-state index < -0.39 is 9.05 Å². The van der Waals surface area contributed by atoms with Gasteiger partial charge in [-0.15, -0.1) is 0 Å². The van der Waals surface area contributed by atoms with Crippen molar-refractivity contribution >= 4 is 42.2 Å². The van der Waals surface area contributed by atoms with Crippen LogP contribution in [-0.2, 0) is 9.05 Å². The summed E-state index contributed by atoms with van der Waals surface area (Å²) in [6.07, 6.45) is 1.16. The third kappa shape index (κ3) is 1.93. The summed E-state index contributed by atoms with van der Waals surface area (Å²) < 4.78 is 22.3. The molecule has 0 amide bonds. The summed E-state index contributed by atoms with van der Waals surface area (Å²) in [6, 6.07) is 6.98. The fourth-order valence-electron chi connectivity index (χ4n) is 1.26. The van der Waals surface area contributed by atoms with Gasteiger partial charge in [0.2, 0.25) is 0 Å². The van der Waals surface area contributed by atoms with Crippen LogP contribution in [0, 0.1) is 0 Å². The first-order chi connectivity index (χ1) is 7.00. The number of hydrogen-bond donors (Lipinski definition) is 0. The zero-order valence-electron chi connectivity index (χ0n) is 7.31. The number of para-hydroxylation sites is 1. The Kier molecular flexibility index (Phi) is 2.58. The maximum Gasteiger partial charge on any atom is 0.264 e. The van der Waals surface area contributed by atoms with E-state index in [1.807, 2.05) is 0 Å². The SMILES string of the molecule is O=S(=O)(Cl)c1cnc2ccccc2c1Cl. The predicted octanol–water partition coefficient (Wildman–Crippen LogP) is 2.82. The standard InChI is InChI=1S/C9H5Cl2NO2S/c10-9-6-3-1-2-4-7(6)12-5-8(9)15(11,13)14/h1-5H. The molecule has 1 heterocycles. The molecule has 0 aliphatic rings. The molecule has 0 saturated carbocycles. The monoisotopic (exact) mass is 261 g/mol. The van der Waals surface area contributed by atoms with Crippen molar-refractivity contribution in [2.45, 2.75) is 4.90 Å². The van der Waals surface area contributed by atoms with Crippen molar-refractivity contribution in [1.82, 2.24) is 4.98 Å². The Labute approximate surface area is 96.1 Å². The fourth-order valence-corrected chi connectivity index (χ4v) is 2.74. The Balaban J connectivity index is 2.88. The van der Waals surface area contributed by atoms with E-state index in [0.717, 1.165) is 6.20 Å². The molecule has 0 radical (unpaired) electrons. The van der Waals surface area contributed by atoms with E-state index in [4.69, 9.17) is 22.3 Å². The number of rotatable bonds is 1. The third-order valence-electron chi connectivity index (χ3n) is 1.94. The van der Waals surface area contributed by atoms with Crippen LogP contribution in [0.5, 0.6) is 0 Å². The van der Waals surface area contributed by atoms with Crippen LogP contribution in [-0.4, -0.2) is 13.4 Å². The van der Waals surface area contributed by atoms with Crippen LogP contribution in [0.1, 0.15) is 0 Å². The average molecular weight is 262 g/mol. The van der Waals surface area contributed by atoms with Crippen molar-refractivity contribution in [3.8, 4) is 0 Å². The molecule has 0 spiro atoms. The van der Waals surface area contributed by atoms with E-state index in [1.54, 1.807) is 24.3 Å². The smallest absolute Gasteiger partial charge is 0.255 e. The zero-order valence-corrected chi connectivity index (χ0v) is 9.64. The van der Waals surface area contributed by atoms with Gasteiger partial charge in [0.15, 0.2) is 0 Å². The van der Waals surface area contributed by atoms with E-state index >= 15 is 0 Å². The molecule has 0 unspecified atom stereocenters. The summed E-state index contributed by atoms with van der Waals surface area (Å²) in [5.41, 5.74) is 0.631. The Bertz CT molecular complexity index is 625. The van der Waals surface area contributed by atoms with Gasteiger partial charge in [0, 0.05) is 22.3 Å². The Morgan fingerprint density at radius 1 is 1.20 bits per heavy atom. The number of aromatic nitrogens is 1. The second-order valence-electron chi connectivity index (χ2n) is 2.89. The van der Waals surface area contributed by atoms with Crippen molar-refractivity contribution in [2.75, 3.05) is 0 Å². The van der Waals surface area contributed by atoms with Gasteiger partial charge in [0.05, 0.1) is 10.5 Å². The molecule has 0 saturated heterocycles. The van der Waals surface area contributed by atoms with E-state index in [2.05, 4.69) is 4.98 Å². The topological polar surface area (TPSA) is 47.0 Å². The van der Waals surface area contributed by atoms with E-state index in [0.29, 0.717) is 10.9 Å². The van der Waals surface area contributed by atoms with Gasteiger partial charge in [0.1, 0.15) is 4.90 Å². The molecule has 0 aliphatic heterocycles. The number of halogens is 2. The molecule has 0 N–H and O–H groups in total. The third-order valence-corrected chi connectivity index (χ3v) is 3.79. The molecule has 15 heavy (non-hydrogen) atoms. The predicted molar refractivity (Wildman–Crippen MR) is 59.8 cm³/mol. The number of hydrogen-bond acceptors (Lipinski definition) is 3. The number of nitrogens with zero attached hydrogens (tertiary/aromatic N) is 1. The quantitative estimate of drug-likeness (QED) is 0.742. The molecule has 1 aromatic heterocycles. The van der Waals surface area contributed by atoms with Gasteiger partial charge < -0.3 is 0 Å². The van der Waals surface area contributed by atoms with E-state index in [9.17, 15) is 8.42 Å². The highest BCUT2D eigenvalue weighted by molar-refractivity contribution is 8.13. The summed E-state index contributed by atoms with van der Waals surface area (Å²) in [5.74, 6) is 0. The van der Waals surface area contributed by atoms with Crippen molar-refractivity contribution in [3.63, 3.8) is 0 Å². The Morgan fingerprint density at radius 2 is 1.87 bits per heavy atom. The lowest BCUT2D eigenvalue weighted by Crippen LogP contribution is -1.94. The van der Waals surface area contributed by atoms with E-state index in [-0.39, 0.29) is 9.92 Å². The maximum absolute atomic E-state index is 11.1. The summed E-state index contributed by atoms with van der Waals surface area (Å²) in [4.78, 5) is 3.80. The van der Waals surface area contributed by atoms with Crippen molar-refractivity contribution in [3.05, 3.63) is 35.5 Å². The highest BCUT2D eigenvalue weighted by Crippen LogP contribution is 2.30. The molecule has 3 nitrogen and oxygen atoms in total. The van der Waals surface area contributed by atoms with Crippen LogP contribution < -0.4 is 0 Å². The van der Waals surface area contributed by atoms with Crippen molar-refractivity contribution < 1.29 is 8.42 Å². The molecule has 78 valence electrons. The minimum atomic E-state index is -3.85. The number of pyridine rings is 1. The lowest BCUT2D eigenvalue weighted by atomic mass is 10.2. The molecule has 2 rings (SSSR count). The van der Waals surface area contributed by atoms with Gasteiger partial charge in [-0.3, -0.25) is 4.98 Å². The second-order valence-corrected chi connectivity index (χ2v) is 5.80. The lowest BCUT2D eigenvalue weighted by molar-refractivity contribution is 0.609. The first kappa shape index (κ1) is 10.7. The van der Waals surface area contributed by atoms with Crippen molar-refractivity contribution in [1.29, 1.82) is 0 Å². The van der Waals surface area contributed by atoms with Gasteiger partial charge in [-0.2, -0.15) is 0 Å². The minimum absolute atomic E-state index is 0.107. The van der Waals surface area contributed by atoms with Crippen molar-refractivity contribution in [2.24, 2.45) is 0 Å². The van der Waals surface area contributed by atoms with Crippen LogP contribution in [0.4, 0.5) is 0 Å². The first-order valence-corrected chi connectivity index (χ1v) is 6.67. The lowest BCUT2D eigenvalue weighted by Gasteiger charge is -2.03. The summed E-state index contributed by atoms with van der Waals surface area (Å²) in [7, 11) is 1.36. The fraction of sp³-hybridized carbons (Fsp3) is 0. The largest absolute Gasteiger partial charge is 0.264 e. The molecule has 6 heteroatoms. The highest BCUT2D eigenvalue weighted by Gasteiger charge is 2.17. The summed E-state index contributed by atoms with van der Waals surface area (Å²) in [5, 5.41) is 0.677. The molecular formula is C9H5Cl2NO2S. The summed E-state index contributed by atoms with van der Waals surface area (Å²) >= 11 is 5.92. The molecule has 2 aromatic rings. The first-order valence-electron chi connectivity index (χ1n) is 3.98. The molecular weight excluding hydrogens is 257 g/mol. The molecule has 0 bridgehead atoms. The second kappa shape index (κ2) is 3.63. The molecule has 1 aromatic carbocycles. The normalized spacial score (nSPS) is 11.9. The zero-order chi connectivity index (χ0) is 11.1. The Hall–Kier alpha value is -0.840. The molecule has 0 fully saturated rings. The van der Waals surface area contributed by atoms with Crippen LogP contribution in [0.2, 0.25) is 5.02 Å². The molecule has 0 atom stereocenters. The van der Waals surface area contributed by atoms with Crippen LogP contribution >= 0.6 is 22.3 Å². The van der Waals surface area contributed by atoms with Gasteiger partial charge in [-0.05, 0) is 6.07 Å². The van der Waals surface area contributed by atoms with Crippen LogP contribution in [0.3, 0.4) is 0 Å². The van der Waals surface area contributed by atoms with Crippen LogP contribution in [0.15, 0.2) is 35.4 Å². The average Bonchev–Trinajstić information content (AvgIpc) is 2.16. The molecule has 0 aliphatic carbocycles. The minimum Gasteiger partial charge on any atom is -0.255 e. The van der Waals surface area contributed by atoms with Gasteiger partial charge >= 0.3 is 0 Å². The van der Waals surface area contributed by atoms with Gasteiger partial charge in [-0.1, -0.05) is 29.8 Å². The maximum atomic E-state index is 11.1. The van der Waals surface area contributed by atoms with Crippen LogP contribution in [0.25, 0.3) is 10.9 Å². The Morgan fingerprint density at radius 3 is 2.53 bits per heavy atom. The summed E-state index contributed by atoms with van der Waals surface area (Å²) in [6.45, 7) is 0. The highest BCUT2D eigenvalue weighted by atomic mass is 35.7. The number of benzene rings is 1. The van der Waals surface area contributed by atoms with E-state index in [1.165, 1.54) is 0 Å². The number of fused-ring (bicyclic) bond motifs is 1. The van der Waals surface area contributed by atoms with Gasteiger partial charge in [0.25, 0.3) is 9.05 Å².